The number of anilines is 1. The Balaban J connectivity index is 1.93. The maximum absolute atomic E-state index is 14.1. The third-order valence-electron chi connectivity index (χ3n) is 4.42. The molecular formula is C17H13F4NO5S2. The number of carbonyl (C=O) groups is 1. The lowest BCUT2D eigenvalue weighted by Gasteiger charge is -2.12. The maximum atomic E-state index is 14.1. The zero-order valence-electron chi connectivity index (χ0n) is 14.5. The number of benzene rings is 2. The number of carbonyl (C=O) groups excluding carboxylic acids is 1. The second-order valence-electron chi connectivity index (χ2n) is 6.39. The molecule has 1 N–H and O–H groups in total. The molecule has 6 nitrogen and oxygen atoms in total. The molecule has 0 radical (unpaired) electrons. The third kappa shape index (κ3) is 4.13. The number of sulfone groups is 2. The molecule has 156 valence electrons. The van der Waals surface area contributed by atoms with Crippen LogP contribution in [-0.4, -0.2) is 39.5 Å². The molecule has 1 aliphatic heterocycles. The van der Waals surface area contributed by atoms with Gasteiger partial charge >= 0.3 is 0 Å². The molecule has 2 aromatic rings. The highest BCUT2D eigenvalue weighted by Crippen LogP contribution is 2.27. The van der Waals surface area contributed by atoms with Gasteiger partial charge in [-0.15, -0.1) is 0 Å². The van der Waals surface area contributed by atoms with Crippen LogP contribution in [0.15, 0.2) is 35.2 Å². The summed E-state index contributed by atoms with van der Waals surface area (Å²) in [6.45, 7) is 0. The van der Waals surface area contributed by atoms with E-state index < -0.39 is 76.0 Å². The standard InChI is InChI=1S/C17H13F4NO5S2/c18-12-2-1-9(29(26,27)10-5-6-28(24,25)8-10)7-11(12)17(23)22-14-4-3-13(19)15(20)16(14)21/h1-4,7,10H,5-6,8H2,(H,22,23)/t10-/m0/s1. The van der Waals surface area contributed by atoms with E-state index in [2.05, 4.69) is 0 Å². The van der Waals surface area contributed by atoms with E-state index >= 15 is 0 Å². The number of amides is 1. The largest absolute Gasteiger partial charge is 0.319 e. The molecule has 0 spiro atoms. The van der Waals surface area contributed by atoms with Gasteiger partial charge in [-0.25, -0.2) is 34.4 Å². The minimum Gasteiger partial charge on any atom is -0.319 e. The van der Waals surface area contributed by atoms with Crippen LogP contribution in [0.5, 0.6) is 0 Å². The molecule has 12 heteroatoms. The Hall–Kier alpha value is -2.47. The molecule has 1 fully saturated rings. The van der Waals surface area contributed by atoms with Crippen LogP contribution in [0.1, 0.15) is 16.8 Å². The van der Waals surface area contributed by atoms with Crippen molar-refractivity contribution in [3.8, 4) is 0 Å². The van der Waals surface area contributed by atoms with E-state index in [0.29, 0.717) is 24.3 Å². The molecule has 0 unspecified atom stereocenters. The van der Waals surface area contributed by atoms with Crippen LogP contribution < -0.4 is 5.32 Å². The lowest BCUT2D eigenvalue weighted by atomic mass is 10.2. The molecular weight excluding hydrogens is 438 g/mol. The van der Waals surface area contributed by atoms with Crippen LogP contribution in [-0.2, 0) is 19.7 Å². The molecule has 0 aromatic heterocycles. The highest BCUT2D eigenvalue weighted by molar-refractivity contribution is 7.96. The molecule has 2 aromatic carbocycles. The van der Waals surface area contributed by atoms with Crippen molar-refractivity contribution in [3.05, 3.63) is 59.2 Å². The van der Waals surface area contributed by atoms with Gasteiger partial charge in [0.25, 0.3) is 5.91 Å². The summed E-state index contributed by atoms with van der Waals surface area (Å²) in [4.78, 5) is 11.8. The normalized spacial score (nSPS) is 18.6. The molecule has 0 bridgehead atoms. The first-order chi connectivity index (χ1) is 13.4. The van der Waals surface area contributed by atoms with Crippen molar-refractivity contribution >= 4 is 31.3 Å². The van der Waals surface area contributed by atoms with E-state index in [9.17, 15) is 39.2 Å². The van der Waals surface area contributed by atoms with Crippen molar-refractivity contribution in [1.29, 1.82) is 0 Å². The van der Waals surface area contributed by atoms with Gasteiger partial charge in [0.1, 0.15) is 5.82 Å². The van der Waals surface area contributed by atoms with E-state index in [1.165, 1.54) is 0 Å². The molecule has 1 aliphatic rings. The molecule has 0 aliphatic carbocycles. The topological polar surface area (TPSA) is 97.4 Å². The van der Waals surface area contributed by atoms with Crippen LogP contribution in [0.3, 0.4) is 0 Å². The smallest absolute Gasteiger partial charge is 0.258 e. The number of rotatable bonds is 4. The SMILES string of the molecule is O=C(Nc1ccc(F)c(F)c1F)c1cc(S(=O)(=O)[C@H]2CCS(=O)(=O)C2)ccc1F. The lowest BCUT2D eigenvalue weighted by Crippen LogP contribution is -2.23. The molecule has 1 saturated heterocycles. The average molecular weight is 451 g/mol. The van der Waals surface area contributed by atoms with Crippen LogP contribution in [0.4, 0.5) is 23.2 Å². The first-order valence-corrected chi connectivity index (χ1v) is 11.5. The summed E-state index contributed by atoms with van der Waals surface area (Å²) in [7, 11) is -7.70. The van der Waals surface area contributed by atoms with Gasteiger partial charge in [-0.3, -0.25) is 4.79 Å². The van der Waals surface area contributed by atoms with Gasteiger partial charge in [0.2, 0.25) is 0 Å². The van der Waals surface area contributed by atoms with Gasteiger partial charge < -0.3 is 5.32 Å². The van der Waals surface area contributed by atoms with Crippen molar-refractivity contribution in [1.82, 2.24) is 0 Å². The number of hydrogen-bond donors (Lipinski definition) is 1. The predicted molar refractivity (Wildman–Crippen MR) is 94.9 cm³/mol. The van der Waals surface area contributed by atoms with E-state index in [-0.39, 0.29) is 12.2 Å². The second kappa shape index (κ2) is 7.41. The summed E-state index contributed by atoms with van der Waals surface area (Å²) in [6, 6.07) is 3.51. The molecule has 29 heavy (non-hydrogen) atoms. The van der Waals surface area contributed by atoms with Crippen molar-refractivity contribution in [2.24, 2.45) is 0 Å². The second-order valence-corrected chi connectivity index (χ2v) is 10.8. The van der Waals surface area contributed by atoms with Gasteiger partial charge in [0.15, 0.2) is 37.1 Å². The zero-order valence-corrected chi connectivity index (χ0v) is 16.1. The van der Waals surface area contributed by atoms with Crippen molar-refractivity contribution < 1.29 is 39.2 Å². The van der Waals surface area contributed by atoms with Gasteiger partial charge in [-0.2, -0.15) is 0 Å². The molecule has 3 rings (SSSR count). The minimum atomic E-state index is -4.19. The Morgan fingerprint density at radius 2 is 1.66 bits per heavy atom. The summed E-state index contributed by atoms with van der Waals surface area (Å²) in [5.74, 6) is -8.39. The Bertz CT molecular complexity index is 1210. The van der Waals surface area contributed by atoms with E-state index in [4.69, 9.17) is 0 Å². The highest BCUT2D eigenvalue weighted by Gasteiger charge is 2.38. The number of halogens is 4. The van der Waals surface area contributed by atoms with Gasteiger partial charge in [0, 0.05) is 0 Å². The quantitative estimate of drug-likeness (QED) is 0.438. The predicted octanol–water partition coefficient (Wildman–Crippen LogP) is 2.46. The van der Waals surface area contributed by atoms with E-state index in [1.807, 2.05) is 5.32 Å². The summed E-state index contributed by atoms with van der Waals surface area (Å²) < 4.78 is 102. The monoisotopic (exact) mass is 451 g/mol. The molecule has 1 heterocycles. The van der Waals surface area contributed by atoms with Crippen LogP contribution >= 0.6 is 0 Å². The fraction of sp³-hybridized carbons (Fsp3) is 0.235. The Morgan fingerprint density at radius 3 is 2.28 bits per heavy atom. The summed E-state index contributed by atoms with van der Waals surface area (Å²) in [6.07, 6.45) is -0.135. The van der Waals surface area contributed by atoms with Crippen LogP contribution in [0.2, 0.25) is 0 Å². The lowest BCUT2D eigenvalue weighted by molar-refractivity contribution is 0.102. The van der Waals surface area contributed by atoms with Crippen LogP contribution in [0, 0.1) is 23.3 Å². The van der Waals surface area contributed by atoms with E-state index in [1.54, 1.807) is 0 Å². The summed E-state index contributed by atoms with van der Waals surface area (Å²) in [5.41, 5.74) is -1.57. The summed E-state index contributed by atoms with van der Waals surface area (Å²) >= 11 is 0. The average Bonchev–Trinajstić information content (AvgIpc) is 3.03. The highest BCUT2D eigenvalue weighted by atomic mass is 32.2. The van der Waals surface area contributed by atoms with Crippen LogP contribution in [0.25, 0.3) is 0 Å². The Morgan fingerprint density at radius 1 is 1.00 bits per heavy atom. The minimum absolute atomic E-state index is 0.135. The Kier molecular flexibility index (Phi) is 5.43. The third-order valence-corrected chi connectivity index (χ3v) is 8.59. The van der Waals surface area contributed by atoms with E-state index in [0.717, 1.165) is 6.07 Å². The van der Waals surface area contributed by atoms with Crippen molar-refractivity contribution in [3.63, 3.8) is 0 Å². The Labute approximate surface area is 163 Å². The first kappa shape index (κ1) is 21.2. The van der Waals surface area contributed by atoms with Crippen molar-refractivity contribution in [2.75, 3.05) is 16.8 Å². The van der Waals surface area contributed by atoms with Gasteiger partial charge in [-0.1, -0.05) is 0 Å². The number of hydrogen-bond acceptors (Lipinski definition) is 5. The van der Waals surface area contributed by atoms with Gasteiger partial charge in [0.05, 0.1) is 32.9 Å². The zero-order chi connectivity index (χ0) is 21.6. The van der Waals surface area contributed by atoms with Crippen molar-refractivity contribution in [2.45, 2.75) is 16.6 Å². The molecule has 1 atom stereocenters. The fourth-order valence-corrected chi connectivity index (χ4v) is 7.25. The summed E-state index contributed by atoms with van der Waals surface area (Å²) in [5, 5.41) is 0.607. The molecule has 0 saturated carbocycles. The first-order valence-electron chi connectivity index (χ1n) is 8.11. The molecule has 1 amide bonds. The number of nitrogens with one attached hydrogen (secondary N) is 1. The van der Waals surface area contributed by atoms with Gasteiger partial charge in [-0.05, 0) is 36.8 Å². The maximum Gasteiger partial charge on any atom is 0.258 e. The fourth-order valence-electron chi connectivity index (χ4n) is 2.87.